The molecule has 0 fully saturated rings. The molecule has 0 amide bonds. The van der Waals surface area contributed by atoms with E-state index in [0.717, 1.165) is 29.9 Å². The predicted octanol–water partition coefficient (Wildman–Crippen LogP) is 2.59. The largest absolute Gasteiger partial charge is 0.324 e. The maximum absolute atomic E-state index is 5.85. The van der Waals surface area contributed by atoms with Crippen molar-refractivity contribution < 1.29 is 0 Å². The highest BCUT2D eigenvalue weighted by Gasteiger charge is 2.07. The van der Waals surface area contributed by atoms with Crippen molar-refractivity contribution in [2.45, 2.75) is 32.7 Å². The zero-order valence-electron chi connectivity index (χ0n) is 10.9. The van der Waals surface area contributed by atoms with E-state index in [1.807, 2.05) is 26.1 Å². The lowest BCUT2D eigenvalue weighted by Gasteiger charge is -2.09. The van der Waals surface area contributed by atoms with E-state index >= 15 is 0 Å². The minimum Gasteiger partial charge on any atom is -0.324 e. The lowest BCUT2D eigenvalue weighted by molar-refractivity contribution is 0.764. The average Bonchev–Trinajstić information content (AvgIpc) is 2.37. The van der Waals surface area contributed by atoms with Crippen molar-refractivity contribution >= 4 is 0 Å². The Balaban J connectivity index is 2.05. The Kier molecular flexibility index (Phi) is 4.05. The molecule has 1 aromatic carbocycles. The van der Waals surface area contributed by atoms with Gasteiger partial charge in [0.1, 0.15) is 5.82 Å². The highest BCUT2D eigenvalue weighted by atomic mass is 14.9. The summed E-state index contributed by atoms with van der Waals surface area (Å²) >= 11 is 0. The van der Waals surface area contributed by atoms with E-state index in [9.17, 15) is 0 Å². The smallest absolute Gasteiger partial charge is 0.128 e. The zero-order chi connectivity index (χ0) is 13.0. The van der Waals surface area contributed by atoms with Gasteiger partial charge in [-0.1, -0.05) is 30.3 Å². The summed E-state index contributed by atoms with van der Waals surface area (Å²) in [4.78, 5) is 8.90. The van der Waals surface area contributed by atoms with Crippen LogP contribution in [0.1, 0.15) is 35.6 Å². The van der Waals surface area contributed by atoms with Gasteiger partial charge in [-0.2, -0.15) is 0 Å². The quantitative estimate of drug-likeness (QED) is 0.895. The Morgan fingerprint density at radius 3 is 2.50 bits per heavy atom. The number of hydrogen-bond donors (Lipinski definition) is 1. The van der Waals surface area contributed by atoms with Gasteiger partial charge in [0.15, 0.2) is 0 Å². The summed E-state index contributed by atoms with van der Waals surface area (Å²) in [6, 6.07) is 10.4. The fourth-order valence-corrected chi connectivity index (χ4v) is 1.99. The Morgan fingerprint density at radius 1 is 1.17 bits per heavy atom. The van der Waals surface area contributed by atoms with E-state index in [2.05, 4.69) is 34.2 Å². The predicted molar refractivity (Wildman–Crippen MR) is 73.2 cm³/mol. The molecule has 0 radical (unpaired) electrons. The van der Waals surface area contributed by atoms with Crippen LogP contribution < -0.4 is 5.73 Å². The van der Waals surface area contributed by atoms with Crippen LogP contribution in [0.4, 0.5) is 0 Å². The second-order valence-electron chi connectivity index (χ2n) is 4.60. The van der Waals surface area contributed by atoms with Crippen molar-refractivity contribution in [3.05, 3.63) is 59.2 Å². The van der Waals surface area contributed by atoms with Crippen molar-refractivity contribution in [2.75, 3.05) is 0 Å². The van der Waals surface area contributed by atoms with Crippen LogP contribution in [0.15, 0.2) is 36.5 Å². The Labute approximate surface area is 108 Å². The standard InChI is InChI=1S/C15H19N3/c1-11(16)14-10-17-15(18-12(14)2)9-8-13-6-4-3-5-7-13/h3-7,10-11H,8-9,16H2,1-2H3/t11-/m0/s1. The molecule has 1 atom stereocenters. The van der Waals surface area contributed by atoms with Crippen LogP contribution in [-0.2, 0) is 12.8 Å². The SMILES string of the molecule is Cc1nc(CCc2ccccc2)ncc1[C@H](C)N. The minimum atomic E-state index is -0.00632. The summed E-state index contributed by atoms with van der Waals surface area (Å²) in [5, 5.41) is 0. The summed E-state index contributed by atoms with van der Waals surface area (Å²) in [5.41, 5.74) is 9.18. The van der Waals surface area contributed by atoms with Gasteiger partial charge in [0.2, 0.25) is 0 Å². The van der Waals surface area contributed by atoms with Crippen molar-refractivity contribution in [3.63, 3.8) is 0 Å². The van der Waals surface area contributed by atoms with Crippen molar-refractivity contribution in [1.29, 1.82) is 0 Å². The molecule has 94 valence electrons. The van der Waals surface area contributed by atoms with Gasteiger partial charge >= 0.3 is 0 Å². The molecular weight excluding hydrogens is 222 g/mol. The summed E-state index contributed by atoms with van der Waals surface area (Å²) in [6.07, 6.45) is 3.69. The third-order valence-electron chi connectivity index (χ3n) is 3.04. The van der Waals surface area contributed by atoms with E-state index in [4.69, 9.17) is 5.73 Å². The second kappa shape index (κ2) is 5.74. The maximum atomic E-state index is 5.85. The average molecular weight is 241 g/mol. The van der Waals surface area contributed by atoms with Gasteiger partial charge < -0.3 is 5.73 Å². The molecule has 1 aromatic heterocycles. The van der Waals surface area contributed by atoms with Crippen LogP contribution in [0.3, 0.4) is 0 Å². The van der Waals surface area contributed by atoms with Crippen LogP contribution in [0.25, 0.3) is 0 Å². The Hall–Kier alpha value is -1.74. The van der Waals surface area contributed by atoms with Gasteiger partial charge in [0.05, 0.1) is 0 Å². The number of aromatic nitrogens is 2. The molecule has 0 aliphatic carbocycles. The molecule has 3 heteroatoms. The fourth-order valence-electron chi connectivity index (χ4n) is 1.99. The zero-order valence-corrected chi connectivity index (χ0v) is 10.9. The molecule has 1 heterocycles. The summed E-state index contributed by atoms with van der Waals surface area (Å²) in [6.45, 7) is 3.95. The minimum absolute atomic E-state index is 0.00632. The van der Waals surface area contributed by atoms with Gasteiger partial charge in [-0.3, -0.25) is 0 Å². The molecule has 0 bridgehead atoms. The molecule has 0 unspecified atom stereocenters. The summed E-state index contributed by atoms with van der Waals surface area (Å²) in [7, 11) is 0. The first-order valence-corrected chi connectivity index (χ1v) is 6.28. The molecule has 0 aliphatic heterocycles. The van der Waals surface area contributed by atoms with Crippen molar-refractivity contribution in [3.8, 4) is 0 Å². The number of aryl methyl sites for hydroxylation is 3. The number of hydrogen-bond acceptors (Lipinski definition) is 3. The summed E-state index contributed by atoms with van der Waals surface area (Å²) in [5.74, 6) is 0.890. The third-order valence-corrected chi connectivity index (χ3v) is 3.04. The normalized spacial score (nSPS) is 12.4. The molecule has 0 aliphatic rings. The maximum Gasteiger partial charge on any atom is 0.128 e. The molecule has 2 aromatic rings. The van der Waals surface area contributed by atoms with Crippen molar-refractivity contribution in [2.24, 2.45) is 5.73 Å². The van der Waals surface area contributed by atoms with Crippen LogP contribution in [0.5, 0.6) is 0 Å². The molecule has 0 spiro atoms. The third kappa shape index (κ3) is 3.14. The number of nitrogens with two attached hydrogens (primary N) is 1. The van der Waals surface area contributed by atoms with E-state index in [0.29, 0.717) is 0 Å². The topological polar surface area (TPSA) is 51.8 Å². The first-order chi connectivity index (χ1) is 8.66. The monoisotopic (exact) mass is 241 g/mol. The Bertz CT molecular complexity index is 506. The van der Waals surface area contributed by atoms with Gasteiger partial charge in [0, 0.05) is 29.9 Å². The van der Waals surface area contributed by atoms with E-state index in [1.54, 1.807) is 0 Å². The van der Waals surface area contributed by atoms with Crippen LogP contribution in [0.2, 0.25) is 0 Å². The lowest BCUT2D eigenvalue weighted by Crippen LogP contribution is -2.10. The number of nitrogens with zero attached hydrogens (tertiary/aromatic N) is 2. The lowest BCUT2D eigenvalue weighted by atomic mass is 10.1. The van der Waals surface area contributed by atoms with Crippen LogP contribution >= 0.6 is 0 Å². The van der Waals surface area contributed by atoms with Gasteiger partial charge in [0.25, 0.3) is 0 Å². The van der Waals surface area contributed by atoms with Gasteiger partial charge in [-0.05, 0) is 25.8 Å². The van der Waals surface area contributed by atoms with E-state index < -0.39 is 0 Å². The molecule has 2 rings (SSSR count). The first kappa shape index (κ1) is 12.7. The fraction of sp³-hybridized carbons (Fsp3) is 0.333. The molecular formula is C15H19N3. The molecule has 18 heavy (non-hydrogen) atoms. The van der Waals surface area contributed by atoms with Gasteiger partial charge in [-0.15, -0.1) is 0 Å². The second-order valence-corrected chi connectivity index (χ2v) is 4.60. The van der Waals surface area contributed by atoms with Crippen LogP contribution in [-0.4, -0.2) is 9.97 Å². The van der Waals surface area contributed by atoms with Crippen molar-refractivity contribution in [1.82, 2.24) is 9.97 Å². The highest BCUT2D eigenvalue weighted by molar-refractivity contribution is 5.20. The highest BCUT2D eigenvalue weighted by Crippen LogP contribution is 2.12. The van der Waals surface area contributed by atoms with E-state index in [1.165, 1.54) is 5.56 Å². The molecule has 2 N–H and O–H groups in total. The van der Waals surface area contributed by atoms with E-state index in [-0.39, 0.29) is 6.04 Å². The first-order valence-electron chi connectivity index (χ1n) is 6.28. The molecule has 0 saturated heterocycles. The van der Waals surface area contributed by atoms with Crippen LogP contribution in [0, 0.1) is 6.92 Å². The van der Waals surface area contributed by atoms with Gasteiger partial charge in [-0.25, -0.2) is 9.97 Å². The molecule has 3 nitrogen and oxygen atoms in total. The Morgan fingerprint density at radius 2 is 1.89 bits per heavy atom. The number of benzene rings is 1. The summed E-state index contributed by atoms with van der Waals surface area (Å²) < 4.78 is 0. The molecule has 0 saturated carbocycles. The number of rotatable bonds is 4.